The van der Waals surface area contributed by atoms with E-state index in [4.69, 9.17) is 9.47 Å². The van der Waals surface area contributed by atoms with E-state index in [9.17, 15) is 5.11 Å². The van der Waals surface area contributed by atoms with E-state index in [0.29, 0.717) is 22.4 Å². The van der Waals surface area contributed by atoms with E-state index in [0.717, 1.165) is 5.69 Å². The lowest BCUT2D eigenvalue weighted by Crippen LogP contribution is -1.92. The zero-order chi connectivity index (χ0) is 11.7. The lowest BCUT2D eigenvalue weighted by Gasteiger charge is -2.10. The fourth-order valence-corrected chi connectivity index (χ4v) is 1.66. The van der Waals surface area contributed by atoms with Crippen LogP contribution in [0.25, 0.3) is 10.9 Å². The zero-order valence-electron chi connectivity index (χ0n) is 9.44. The minimum atomic E-state index is 0.198. The molecule has 0 aliphatic heterocycles. The molecule has 0 unspecified atom stereocenters. The predicted octanol–water partition coefficient (Wildman–Crippen LogP) is 2.27. The van der Waals surface area contributed by atoms with Gasteiger partial charge in [0.25, 0.3) is 0 Å². The molecule has 2 rings (SSSR count). The van der Waals surface area contributed by atoms with Crippen LogP contribution in [-0.4, -0.2) is 24.3 Å². The van der Waals surface area contributed by atoms with Gasteiger partial charge in [-0.1, -0.05) is 0 Å². The van der Waals surface area contributed by atoms with E-state index < -0.39 is 0 Å². The number of rotatable bonds is 2. The van der Waals surface area contributed by atoms with Crippen molar-refractivity contribution < 1.29 is 14.6 Å². The van der Waals surface area contributed by atoms with Gasteiger partial charge in [-0.2, -0.15) is 0 Å². The first-order valence-corrected chi connectivity index (χ1v) is 4.88. The minimum absolute atomic E-state index is 0.198. The second-order valence-electron chi connectivity index (χ2n) is 3.51. The Hall–Kier alpha value is -1.97. The highest BCUT2D eigenvalue weighted by molar-refractivity contribution is 5.88. The normalized spacial score (nSPS) is 10.4. The molecule has 0 atom stereocenters. The van der Waals surface area contributed by atoms with Gasteiger partial charge >= 0.3 is 0 Å². The quantitative estimate of drug-likeness (QED) is 0.841. The van der Waals surface area contributed by atoms with Crippen molar-refractivity contribution in [2.45, 2.75) is 6.92 Å². The summed E-state index contributed by atoms with van der Waals surface area (Å²) >= 11 is 0. The summed E-state index contributed by atoms with van der Waals surface area (Å²) in [6.07, 6.45) is 0. The number of aryl methyl sites for hydroxylation is 1. The van der Waals surface area contributed by atoms with Crippen LogP contribution in [0.3, 0.4) is 0 Å². The first-order valence-electron chi connectivity index (χ1n) is 4.88. The smallest absolute Gasteiger partial charge is 0.162 e. The van der Waals surface area contributed by atoms with Crippen LogP contribution in [0.4, 0.5) is 0 Å². The third kappa shape index (κ3) is 1.62. The van der Waals surface area contributed by atoms with E-state index in [1.807, 2.05) is 6.92 Å². The summed E-state index contributed by atoms with van der Waals surface area (Å²) in [5, 5.41) is 10.5. The summed E-state index contributed by atoms with van der Waals surface area (Å²) in [7, 11) is 3.13. The molecule has 1 heterocycles. The summed E-state index contributed by atoms with van der Waals surface area (Å²) in [4.78, 5) is 4.32. The fraction of sp³-hybridized carbons (Fsp3) is 0.250. The average Bonchev–Trinajstić information content (AvgIpc) is 2.27. The number of aromatic hydroxyl groups is 1. The Morgan fingerprint density at radius 1 is 1.06 bits per heavy atom. The first kappa shape index (κ1) is 10.5. The Morgan fingerprint density at radius 2 is 1.69 bits per heavy atom. The molecule has 16 heavy (non-hydrogen) atoms. The molecule has 0 radical (unpaired) electrons. The average molecular weight is 219 g/mol. The number of methoxy groups -OCH3 is 2. The van der Waals surface area contributed by atoms with Crippen molar-refractivity contribution in [2.75, 3.05) is 14.2 Å². The molecule has 1 N–H and O–H groups in total. The Morgan fingerprint density at radius 3 is 2.31 bits per heavy atom. The Labute approximate surface area is 93.4 Å². The van der Waals surface area contributed by atoms with Gasteiger partial charge in [-0.05, 0) is 13.0 Å². The number of ether oxygens (including phenoxy) is 2. The van der Waals surface area contributed by atoms with E-state index in [1.165, 1.54) is 0 Å². The molecule has 84 valence electrons. The third-order valence-corrected chi connectivity index (χ3v) is 2.42. The monoisotopic (exact) mass is 219 g/mol. The van der Waals surface area contributed by atoms with E-state index in [-0.39, 0.29) is 5.75 Å². The van der Waals surface area contributed by atoms with E-state index >= 15 is 0 Å². The number of fused-ring (bicyclic) bond motifs is 1. The molecule has 0 aliphatic carbocycles. The van der Waals surface area contributed by atoms with Crippen molar-refractivity contribution in [1.29, 1.82) is 0 Å². The molecule has 0 fully saturated rings. The number of nitrogens with zero attached hydrogens (tertiary/aromatic N) is 1. The molecule has 4 heteroatoms. The Kier molecular flexibility index (Phi) is 2.56. The molecule has 0 amide bonds. The van der Waals surface area contributed by atoms with Crippen LogP contribution >= 0.6 is 0 Å². The maximum absolute atomic E-state index is 9.80. The maximum Gasteiger partial charge on any atom is 0.162 e. The molecule has 2 aromatic rings. The highest BCUT2D eigenvalue weighted by Gasteiger charge is 2.09. The highest BCUT2D eigenvalue weighted by Crippen LogP contribution is 2.35. The molecule has 0 bridgehead atoms. The lowest BCUT2D eigenvalue weighted by atomic mass is 10.1. The fourth-order valence-electron chi connectivity index (χ4n) is 1.66. The summed E-state index contributed by atoms with van der Waals surface area (Å²) < 4.78 is 10.3. The number of hydrogen-bond acceptors (Lipinski definition) is 4. The van der Waals surface area contributed by atoms with Crippen molar-refractivity contribution in [3.8, 4) is 17.2 Å². The molecule has 0 spiro atoms. The summed E-state index contributed by atoms with van der Waals surface area (Å²) in [5.41, 5.74) is 1.45. The highest BCUT2D eigenvalue weighted by atomic mass is 16.5. The van der Waals surface area contributed by atoms with Gasteiger partial charge in [-0.15, -0.1) is 0 Å². The summed E-state index contributed by atoms with van der Waals surface area (Å²) in [6, 6.07) is 5.09. The Balaban J connectivity index is 2.78. The zero-order valence-corrected chi connectivity index (χ0v) is 9.44. The van der Waals surface area contributed by atoms with Gasteiger partial charge in [-0.3, -0.25) is 4.98 Å². The van der Waals surface area contributed by atoms with Gasteiger partial charge in [0.1, 0.15) is 5.75 Å². The van der Waals surface area contributed by atoms with Gasteiger partial charge in [-0.25, -0.2) is 0 Å². The number of hydrogen-bond donors (Lipinski definition) is 1. The standard InChI is InChI=1S/C12H13NO3/c1-7-4-10(14)8-5-11(15-2)12(16-3)6-9(8)13-7/h4-6H,1-3H3,(H,13,14). The van der Waals surface area contributed by atoms with Gasteiger partial charge in [0.05, 0.1) is 19.7 Å². The van der Waals surface area contributed by atoms with Crippen LogP contribution in [-0.2, 0) is 0 Å². The molecular formula is C12H13NO3. The van der Waals surface area contributed by atoms with Crippen LogP contribution < -0.4 is 9.47 Å². The summed E-state index contributed by atoms with van der Waals surface area (Å²) in [6.45, 7) is 1.83. The van der Waals surface area contributed by atoms with Crippen molar-refractivity contribution in [2.24, 2.45) is 0 Å². The molecule has 4 nitrogen and oxygen atoms in total. The van der Waals surface area contributed by atoms with Crippen LogP contribution in [0, 0.1) is 6.92 Å². The SMILES string of the molecule is COc1cc2nc(C)cc(O)c2cc1OC. The van der Waals surface area contributed by atoms with Crippen molar-refractivity contribution in [1.82, 2.24) is 4.98 Å². The van der Waals surface area contributed by atoms with Gasteiger partial charge in [0, 0.05) is 23.2 Å². The molecule has 0 saturated carbocycles. The predicted molar refractivity (Wildman–Crippen MR) is 61.2 cm³/mol. The molecular weight excluding hydrogens is 206 g/mol. The second kappa shape index (κ2) is 3.89. The number of pyridine rings is 1. The van der Waals surface area contributed by atoms with Crippen LogP contribution in [0.5, 0.6) is 17.2 Å². The van der Waals surface area contributed by atoms with E-state index in [1.54, 1.807) is 32.4 Å². The minimum Gasteiger partial charge on any atom is -0.507 e. The molecule has 0 aliphatic rings. The second-order valence-corrected chi connectivity index (χ2v) is 3.51. The molecule has 1 aromatic carbocycles. The van der Waals surface area contributed by atoms with Gasteiger partial charge in [0.2, 0.25) is 0 Å². The van der Waals surface area contributed by atoms with E-state index in [2.05, 4.69) is 4.98 Å². The third-order valence-electron chi connectivity index (χ3n) is 2.42. The lowest BCUT2D eigenvalue weighted by molar-refractivity contribution is 0.355. The maximum atomic E-state index is 9.80. The summed E-state index contributed by atoms with van der Waals surface area (Å²) in [5.74, 6) is 1.38. The van der Waals surface area contributed by atoms with Gasteiger partial charge in [0.15, 0.2) is 11.5 Å². The topological polar surface area (TPSA) is 51.6 Å². The molecule has 1 aromatic heterocycles. The number of benzene rings is 1. The van der Waals surface area contributed by atoms with Crippen LogP contribution in [0.2, 0.25) is 0 Å². The van der Waals surface area contributed by atoms with Crippen LogP contribution in [0.15, 0.2) is 18.2 Å². The number of aromatic nitrogens is 1. The first-order chi connectivity index (χ1) is 7.65. The Bertz CT molecular complexity index is 537. The van der Waals surface area contributed by atoms with Gasteiger partial charge < -0.3 is 14.6 Å². The van der Waals surface area contributed by atoms with Crippen LogP contribution in [0.1, 0.15) is 5.69 Å². The van der Waals surface area contributed by atoms with Crippen molar-refractivity contribution >= 4 is 10.9 Å². The largest absolute Gasteiger partial charge is 0.507 e. The molecule has 0 saturated heterocycles. The van der Waals surface area contributed by atoms with Crippen molar-refractivity contribution in [3.63, 3.8) is 0 Å². The van der Waals surface area contributed by atoms with Crippen molar-refractivity contribution in [3.05, 3.63) is 23.9 Å².